The number of ether oxygens (including phenoxy) is 1. The van der Waals surface area contributed by atoms with E-state index in [1.165, 1.54) is 16.7 Å². The lowest BCUT2D eigenvalue weighted by Gasteiger charge is -2.34. The number of rotatable bonds is 5. The quantitative estimate of drug-likeness (QED) is 0.578. The first-order chi connectivity index (χ1) is 13.2. The van der Waals surface area contributed by atoms with Gasteiger partial charge in [-0.15, -0.1) is 0 Å². The van der Waals surface area contributed by atoms with Gasteiger partial charge in [0.1, 0.15) is 0 Å². The molecule has 9 nitrogen and oxygen atoms in total. The van der Waals surface area contributed by atoms with Gasteiger partial charge in [-0.05, 0) is 44.5 Å². The molecule has 1 aliphatic heterocycles. The largest absolute Gasteiger partial charge is 0.462 e. The Balaban J connectivity index is 1.84. The summed E-state index contributed by atoms with van der Waals surface area (Å²) in [6.07, 6.45) is 0.644. The van der Waals surface area contributed by atoms with Gasteiger partial charge in [0.05, 0.1) is 17.9 Å². The third-order valence-electron chi connectivity index (χ3n) is 4.12. The van der Waals surface area contributed by atoms with E-state index >= 15 is 0 Å². The molecule has 0 bridgehead atoms. The minimum Gasteiger partial charge on any atom is -0.462 e. The molecule has 28 heavy (non-hydrogen) atoms. The van der Waals surface area contributed by atoms with Crippen molar-refractivity contribution in [2.45, 2.75) is 24.5 Å². The fraction of sp³-hybridized carbons (Fsp3) is 0.353. The van der Waals surface area contributed by atoms with Crippen LogP contribution in [0.25, 0.3) is 0 Å². The number of thiazole rings is 1. The molecular formula is C17H19N3O6S2. The number of aromatic nitrogens is 1. The number of amides is 2. The van der Waals surface area contributed by atoms with Crippen molar-refractivity contribution >= 4 is 44.3 Å². The minimum absolute atomic E-state index is 0.145. The number of nitrogens with zero attached hydrogens (tertiary/aromatic N) is 3. The number of esters is 1. The second kappa shape index (κ2) is 7.86. The van der Waals surface area contributed by atoms with Gasteiger partial charge in [-0.25, -0.2) is 14.6 Å². The number of benzene rings is 1. The van der Waals surface area contributed by atoms with E-state index in [-0.39, 0.29) is 27.7 Å². The van der Waals surface area contributed by atoms with Crippen molar-refractivity contribution < 1.29 is 27.3 Å². The van der Waals surface area contributed by atoms with Crippen molar-refractivity contribution in [1.29, 1.82) is 0 Å². The summed E-state index contributed by atoms with van der Waals surface area (Å²) in [4.78, 5) is 31.7. The van der Waals surface area contributed by atoms with Crippen molar-refractivity contribution in [3.05, 3.63) is 35.5 Å². The van der Waals surface area contributed by atoms with Crippen molar-refractivity contribution in [3.8, 4) is 0 Å². The van der Waals surface area contributed by atoms with E-state index in [1.54, 1.807) is 31.2 Å². The van der Waals surface area contributed by atoms with Crippen molar-refractivity contribution in [1.82, 2.24) is 4.98 Å². The molecule has 1 aromatic heterocycles. The molecule has 1 N–H and O–H groups in total. The molecule has 0 unspecified atom stereocenters. The Labute approximate surface area is 166 Å². The van der Waals surface area contributed by atoms with Crippen LogP contribution in [0.4, 0.5) is 15.6 Å². The van der Waals surface area contributed by atoms with Crippen LogP contribution >= 0.6 is 11.3 Å². The highest BCUT2D eigenvalue weighted by Gasteiger charge is 2.31. The van der Waals surface area contributed by atoms with Crippen molar-refractivity contribution in [2.75, 3.05) is 29.5 Å². The zero-order valence-electron chi connectivity index (χ0n) is 15.3. The number of urea groups is 1. The molecule has 0 saturated carbocycles. The van der Waals surface area contributed by atoms with Gasteiger partial charge in [-0.2, -0.15) is 8.42 Å². The Kier molecular flexibility index (Phi) is 5.68. The van der Waals surface area contributed by atoms with Gasteiger partial charge in [-0.1, -0.05) is 11.3 Å². The Morgan fingerprint density at radius 3 is 2.46 bits per heavy atom. The molecule has 0 radical (unpaired) electrons. The topological polar surface area (TPSA) is 117 Å². The summed E-state index contributed by atoms with van der Waals surface area (Å²) in [5.41, 5.74) is 1.14. The monoisotopic (exact) mass is 425 g/mol. The molecule has 1 aromatic carbocycles. The normalized spacial score (nSPS) is 15.0. The van der Waals surface area contributed by atoms with E-state index in [0.717, 1.165) is 11.3 Å². The molecule has 150 valence electrons. The SMILES string of the molecule is CCOC(=O)c1ccc(N2CCCN(c3nc(C)c(S(=O)(=O)O)s3)C2=O)cc1. The van der Waals surface area contributed by atoms with Crippen LogP contribution in [0.15, 0.2) is 28.5 Å². The van der Waals surface area contributed by atoms with Gasteiger partial charge < -0.3 is 4.74 Å². The first-order valence-electron chi connectivity index (χ1n) is 8.53. The first kappa shape index (κ1) is 20.2. The fourth-order valence-corrected chi connectivity index (χ4v) is 4.74. The van der Waals surface area contributed by atoms with E-state index in [4.69, 9.17) is 4.74 Å². The average Bonchev–Trinajstić information content (AvgIpc) is 3.04. The summed E-state index contributed by atoms with van der Waals surface area (Å²) < 4.78 is 36.8. The number of carbonyl (C=O) groups is 2. The van der Waals surface area contributed by atoms with Crippen LogP contribution in [0.1, 0.15) is 29.4 Å². The minimum atomic E-state index is -4.39. The lowest BCUT2D eigenvalue weighted by Crippen LogP contribution is -2.49. The first-order valence-corrected chi connectivity index (χ1v) is 10.8. The van der Waals surface area contributed by atoms with E-state index in [9.17, 15) is 22.6 Å². The highest BCUT2D eigenvalue weighted by atomic mass is 32.3. The molecule has 2 amide bonds. The van der Waals surface area contributed by atoms with Crippen LogP contribution in [0, 0.1) is 6.92 Å². The van der Waals surface area contributed by atoms with Crippen LogP contribution in [0.2, 0.25) is 0 Å². The molecule has 2 aromatic rings. The Morgan fingerprint density at radius 1 is 1.25 bits per heavy atom. The molecule has 0 spiro atoms. The number of aryl methyl sites for hydroxylation is 1. The third kappa shape index (κ3) is 4.01. The highest BCUT2D eigenvalue weighted by molar-refractivity contribution is 7.88. The predicted octanol–water partition coefficient (Wildman–Crippen LogP) is 2.71. The smallest absolute Gasteiger partial charge is 0.338 e. The van der Waals surface area contributed by atoms with E-state index in [2.05, 4.69) is 4.98 Å². The number of hydrogen-bond donors (Lipinski definition) is 1. The summed E-state index contributed by atoms with van der Waals surface area (Å²) in [6, 6.07) is 6.13. The zero-order valence-corrected chi connectivity index (χ0v) is 16.9. The average molecular weight is 425 g/mol. The van der Waals surface area contributed by atoms with Gasteiger partial charge in [0.15, 0.2) is 9.34 Å². The van der Waals surface area contributed by atoms with Crippen molar-refractivity contribution in [3.63, 3.8) is 0 Å². The van der Waals surface area contributed by atoms with E-state index in [1.807, 2.05) is 0 Å². The summed E-state index contributed by atoms with van der Waals surface area (Å²) in [6.45, 7) is 4.32. The molecule has 0 atom stereocenters. The van der Waals surface area contributed by atoms with Crippen LogP contribution < -0.4 is 9.80 Å². The van der Waals surface area contributed by atoms with Gasteiger partial charge in [0.25, 0.3) is 0 Å². The Bertz CT molecular complexity index is 1000. The molecular weight excluding hydrogens is 406 g/mol. The second-order valence-electron chi connectivity index (χ2n) is 6.05. The maximum Gasteiger partial charge on any atom is 0.338 e. The summed E-state index contributed by atoms with van der Waals surface area (Å²) in [5, 5.41) is 0.211. The number of carbonyl (C=O) groups excluding carboxylic acids is 2. The Morgan fingerprint density at radius 2 is 1.89 bits per heavy atom. The van der Waals surface area contributed by atoms with Crippen molar-refractivity contribution in [2.24, 2.45) is 0 Å². The van der Waals surface area contributed by atoms with E-state index < -0.39 is 16.1 Å². The zero-order chi connectivity index (χ0) is 20.5. The fourth-order valence-electron chi connectivity index (χ4n) is 2.86. The molecule has 3 rings (SSSR count). The van der Waals surface area contributed by atoms with Gasteiger partial charge in [-0.3, -0.25) is 14.4 Å². The van der Waals surface area contributed by atoms with Gasteiger partial charge >= 0.3 is 22.1 Å². The maximum atomic E-state index is 12.9. The lowest BCUT2D eigenvalue weighted by atomic mass is 10.2. The predicted molar refractivity (Wildman–Crippen MR) is 104 cm³/mol. The molecule has 0 aliphatic carbocycles. The number of anilines is 2. The standard InChI is InChI=1S/C17H19N3O6S2/c1-3-26-14(21)12-5-7-13(8-6-12)19-9-4-10-20(17(19)22)16-18-11(2)15(27-16)28(23,24)25/h5-8H,3-4,9-10H2,1-2H3,(H,23,24,25). The molecule has 1 saturated heterocycles. The molecule has 11 heteroatoms. The van der Waals surface area contributed by atoms with Crippen LogP contribution in [-0.2, 0) is 14.9 Å². The van der Waals surface area contributed by atoms with Crippen LogP contribution in [-0.4, -0.2) is 49.7 Å². The summed E-state index contributed by atoms with van der Waals surface area (Å²) >= 11 is 0.754. The summed E-state index contributed by atoms with van der Waals surface area (Å²) in [7, 11) is -4.39. The third-order valence-corrected chi connectivity index (χ3v) is 6.74. The molecule has 1 fully saturated rings. The van der Waals surface area contributed by atoms with Gasteiger partial charge in [0, 0.05) is 18.8 Å². The molecule has 2 heterocycles. The Hall–Kier alpha value is -2.50. The van der Waals surface area contributed by atoms with Gasteiger partial charge in [0.2, 0.25) is 0 Å². The van der Waals surface area contributed by atoms with Crippen LogP contribution in [0.5, 0.6) is 0 Å². The van der Waals surface area contributed by atoms with E-state index in [0.29, 0.717) is 30.8 Å². The lowest BCUT2D eigenvalue weighted by molar-refractivity contribution is 0.0526. The number of hydrogen-bond acceptors (Lipinski definition) is 7. The van der Waals surface area contributed by atoms with Crippen LogP contribution in [0.3, 0.4) is 0 Å². The maximum absolute atomic E-state index is 12.9. The summed E-state index contributed by atoms with van der Waals surface area (Å²) in [5.74, 6) is -0.434. The molecule has 1 aliphatic rings. The highest BCUT2D eigenvalue weighted by Crippen LogP contribution is 2.32. The second-order valence-corrected chi connectivity index (χ2v) is 8.65.